The molecule has 1 amide bonds. The fourth-order valence-corrected chi connectivity index (χ4v) is 4.68. The minimum Gasteiger partial charge on any atom is -0.493 e. The van der Waals surface area contributed by atoms with Crippen molar-refractivity contribution in [1.29, 1.82) is 0 Å². The molecule has 6 nitrogen and oxygen atoms in total. The highest BCUT2D eigenvalue weighted by Crippen LogP contribution is 2.45. The first kappa shape index (κ1) is 19.3. The standard InChI is InChI=1S/C22H30N2O4/c1-16(2)7-12-27-18-6-5-17(13-19(18)26-3)15-23-10-8-22-20(23)14-21(25)24(22)9-4-11-28-22/h5-7,13,20H,4,8-12,14-15H2,1-3H3/t20-,22+/m1/s1. The summed E-state index contributed by atoms with van der Waals surface area (Å²) in [4.78, 5) is 16.9. The van der Waals surface area contributed by atoms with E-state index in [4.69, 9.17) is 14.2 Å². The van der Waals surface area contributed by atoms with E-state index in [9.17, 15) is 4.79 Å². The summed E-state index contributed by atoms with van der Waals surface area (Å²) in [5.74, 6) is 1.72. The maximum Gasteiger partial charge on any atom is 0.226 e. The van der Waals surface area contributed by atoms with Crippen molar-refractivity contribution in [3.8, 4) is 11.5 Å². The van der Waals surface area contributed by atoms with Gasteiger partial charge in [0.15, 0.2) is 17.2 Å². The lowest BCUT2D eigenvalue weighted by Crippen LogP contribution is -2.56. The minimum absolute atomic E-state index is 0.139. The average Bonchev–Trinajstić information content (AvgIpc) is 3.15. The molecule has 2 atom stereocenters. The molecule has 3 heterocycles. The van der Waals surface area contributed by atoms with Gasteiger partial charge in [-0.3, -0.25) is 9.69 Å². The van der Waals surface area contributed by atoms with Crippen LogP contribution in [0.5, 0.6) is 11.5 Å². The van der Waals surface area contributed by atoms with Crippen molar-refractivity contribution >= 4 is 5.91 Å². The number of benzene rings is 1. The van der Waals surface area contributed by atoms with E-state index in [1.165, 1.54) is 5.57 Å². The van der Waals surface area contributed by atoms with Gasteiger partial charge in [0.2, 0.25) is 5.91 Å². The lowest BCUT2D eigenvalue weighted by Gasteiger charge is -2.42. The third kappa shape index (κ3) is 3.40. The number of hydrogen-bond acceptors (Lipinski definition) is 5. The Morgan fingerprint density at radius 1 is 1.32 bits per heavy atom. The predicted molar refractivity (Wildman–Crippen MR) is 106 cm³/mol. The zero-order chi connectivity index (χ0) is 19.7. The smallest absolute Gasteiger partial charge is 0.226 e. The van der Waals surface area contributed by atoms with Crippen LogP contribution in [0.25, 0.3) is 0 Å². The molecule has 0 aliphatic carbocycles. The van der Waals surface area contributed by atoms with Gasteiger partial charge < -0.3 is 19.1 Å². The van der Waals surface area contributed by atoms with Crippen molar-refractivity contribution in [2.24, 2.45) is 0 Å². The SMILES string of the molecule is COc1cc(CN2CC[C@@]34OCCCN3C(=O)C[C@@H]24)ccc1OCC=C(C)C. The topological polar surface area (TPSA) is 51.2 Å². The summed E-state index contributed by atoms with van der Waals surface area (Å²) in [6.07, 6.45) is 4.43. The zero-order valence-electron chi connectivity index (χ0n) is 17.1. The molecule has 0 bridgehead atoms. The highest BCUT2D eigenvalue weighted by molar-refractivity contribution is 5.81. The Balaban J connectivity index is 1.47. The van der Waals surface area contributed by atoms with Crippen LogP contribution >= 0.6 is 0 Å². The number of amides is 1. The Kier molecular flexibility index (Phi) is 5.34. The van der Waals surface area contributed by atoms with E-state index >= 15 is 0 Å². The van der Waals surface area contributed by atoms with Gasteiger partial charge in [0.05, 0.1) is 19.8 Å². The largest absolute Gasteiger partial charge is 0.493 e. The summed E-state index contributed by atoms with van der Waals surface area (Å²) >= 11 is 0. The molecular formula is C22H30N2O4. The number of methoxy groups -OCH3 is 1. The summed E-state index contributed by atoms with van der Waals surface area (Å²) in [5, 5.41) is 0. The Labute approximate surface area is 167 Å². The first-order valence-corrected chi connectivity index (χ1v) is 10.1. The Bertz CT molecular complexity index is 774. The highest BCUT2D eigenvalue weighted by atomic mass is 16.5. The molecule has 28 heavy (non-hydrogen) atoms. The third-order valence-corrected chi connectivity index (χ3v) is 6.07. The van der Waals surface area contributed by atoms with Gasteiger partial charge in [0.25, 0.3) is 0 Å². The first-order valence-electron chi connectivity index (χ1n) is 10.1. The Morgan fingerprint density at radius 3 is 2.96 bits per heavy atom. The Morgan fingerprint density at radius 2 is 2.18 bits per heavy atom. The molecule has 0 unspecified atom stereocenters. The molecule has 1 spiro atoms. The van der Waals surface area contributed by atoms with Crippen molar-refractivity contribution in [3.63, 3.8) is 0 Å². The molecule has 0 saturated carbocycles. The van der Waals surface area contributed by atoms with Crippen LogP contribution in [0.1, 0.15) is 38.7 Å². The van der Waals surface area contributed by atoms with Gasteiger partial charge in [-0.05, 0) is 44.0 Å². The molecule has 4 rings (SSSR count). The number of carbonyl (C=O) groups excluding carboxylic acids is 1. The van der Waals surface area contributed by atoms with Crippen LogP contribution in [0.15, 0.2) is 29.8 Å². The van der Waals surface area contributed by atoms with Gasteiger partial charge in [-0.15, -0.1) is 0 Å². The maximum absolute atomic E-state index is 12.5. The van der Waals surface area contributed by atoms with Gasteiger partial charge >= 0.3 is 0 Å². The second-order valence-electron chi connectivity index (χ2n) is 8.11. The number of likely N-dealkylation sites (tertiary alicyclic amines) is 1. The molecule has 1 aromatic rings. The van der Waals surface area contributed by atoms with Gasteiger partial charge in [-0.2, -0.15) is 0 Å². The highest BCUT2D eigenvalue weighted by Gasteiger charge is 2.60. The van der Waals surface area contributed by atoms with E-state index in [1.807, 2.05) is 23.1 Å². The number of nitrogens with zero attached hydrogens (tertiary/aromatic N) is 2. The van der Waals surface area contributed by atoms with Crippen LogP contribution in [0.3, 0.4) is 0 Å². The minimum atomic E-state index is -0.396. The molecule has 1 aromatic carbocycles. The van der Waals surface area contributed by atoms with Gasteiger partial charge in [0.1, 0.15) is 6.61 Å². The molecule has 152 valence electrons. The van der Waals surface area contributed by atoms with Gasteiger partial charge in [0, 0.05) is 32.5 Å². The van der Waals surface area contributed by atoms with Crippen LogP contribution in [-0.4, -0.2) is 60.9 Å². The fourth-order valence-electron chi connectivity index (χ4n) is 4.68. The van der Waals surface area contributed by atoms with Crippen molar-refractivity contribution in [1.82, 2.24) is 9.80 Å². The predicted octanol–water partition coefficient (Wildman–Crippen LogP) is 2.96. The van der Waals surface area contributed by atoms with E-state index in [-0.39, 0.29) is 11.9 Å². The van der Waals surface area contributed by atoms with Crippen molar-refractivity contribution < 1.29 is 19.0 Å². The van der Waals surface area contributed by atoms with Crippen LogP contribution in [0.4, 0.5) is 0 Å². The van der Waals surface area contributed by atoms with Crippen LogP contribution in [-0.2, 0) is 16.1 Å². The van der Waals surface area contributed by atoms with E-state index in [2.05, 4.69) is 24.8 Å². The molecule has 3 fully saturated rings. The number of rotatable bonds is 6. The molecular weight excluding hydrogens is 356 g/mol. The molecule has 0 radical (unpaired) electrons. The van der Waals surface area contributed by atoms with Crippen molar-refractivity contribution in [2.75, 3.05) is 33.4 Å². The van der Waals surface area contributed by atoms with Gasteiger partial charge in [-0.1, -0.05) is 11.6 Å². The van der Waals surface area contributed by atoms with Crippen LogP contribution in [0.2, 0.25) is 0 Å². The first-order chi connectivity index (χ1) is 13.5. The van der Waals surface area contributed by atoms with Crippen LogP contribution < -0.4 is 9.47 Å². The average molecular weight is 386 g/mol. The van der Waals surface area contributed by atoms with E-state index < -0.39 is 5.72 Å². The summed E-state index contributed by atoms with van der Waals surface area (Å²) in [7, 11) is 1.67. The van der Waals surface area contributed by atoms with Crippen molar-refractivity contribution in [2.45, 2.75) is 51.4 Å². The second kappa shape index (κ2) is 7.76. The van der Waals surface area contributed by atoms with E-state index in [0.717, 1.165) is 56.1 Å². The maximum atomic E-state index is 12.5. The van der Waals surface area contributed by atoms with Crippen LogP contribution in [0, 0.1) is 0 Å². The molecule has 3 saturated heterocycles. The van der Waals surface area contributed by atoms with E-state index in [0.29, 0.717) is 13.0 Å². The summed E-state index contributed by atoms with van der Waals surface area (Å²) in [5.41, 5.74) is 1.99. The molecule has 3 aliphatic rings. The molecule has 0 aromatic heterocycles. The lowest BCUT2D eigenvalue weighted by molar-refractivity contribution is -0.180. The number of ether oxygens (including phenoxy) is 3. The molecule has 6 heteroatoms. The monoisotopic (exact) mass is 386 g/mol. The lowest BCUT2D eigenvalue weighted by atomic mass is 10.0. The number of carbonyl (C=O) groups is 1. The fraction of sp³-hybridized carbons (Fsp3) is 0.591. The Hall–Kier alpha value is -2.05. The summed E-state index contributed by atoms with van der Waals surface area (Å²) in [6, 6.07) is 6.24. The quantitative estimate of drug-likeness (QED) is 0.704. The number of hydrogen-bond donors (Lipinski definition) is 0. The van der Waals surface area contributed by atoms with Crippen molar-refractivity contribution in [3.05, 3.63) is 35.4 Å². The molecule has 0 N–H and O–H groups in total. The third-order valence-electron chi connectivity index (χ3n) is 6.07. The van der Waals surface area contributed by atoms with E-state index in [1.54, 1.807) is 7.11 Å². The normalized spacial score (nSPS) is 26.8. The summed E-state index contributed by atoms with van der Waals surface area (Å²) < 4.78 is 17.6. The summed E-state index contributed by atoms with van der Waals surface area (Å²) in [6.45, 7) is 7.93. The number of allylic oxidation sites excluding steroid dienone is 1. The van der Waals surface area contributed by atoms with Gasteiger partial charge in [-0.25, -0.2) is 0 Å². The second-order valence-corrected chi connectivity index (χ2v) is 8.11. The molecule has 3 aliphatic heterocycles. The zero-order valence-corrected chi connectivity index (χ0v) is 17.1.